The molecule has 4 rings (SSSR count). The third kappa shape index (κ3) is 5.27. The third-order valence-electron chi connectivity index (χ3n) is 4.79. The van der Waals surface area contributed by atoms with Gasteiger partial charge < -0.3 is 18.9 Å². The van der Waals surface area contributed by atoms with Crippen molar-refractivity contribution in [1.82, 2.24) is 0 Å². The molecule has 0 N–H and O–H groups in total. The summed E-state index contributed by atoms with van der Waals surface area (Å²) in [7, 11) is 1.52. The Morgan fingerprint density at radius 2 is 1.85 bits per heavy atom. The van der Waals surface area contributed by atoms with Crippen molar-refractivity contribution in [2.45, 2.75) is 6.92 Å². The molecule has 1 heterocycles. The second-order valence-electron chi connectivity index (χ2n) is 7.10. The van der Waals surface area contributed by atoms with Crippen molar-refractivity contribution in [3.8, 4) is 17.2 Å². The normalized spacial score (nSPS) is 13.9. The number of cyclic esters (lactones) is 1. The van der Waals surface area contributed by atoms with Crippen molar-refractivity contribution in [1.29, 1.82) is 0 Å². The van der Waals surface area contributed by atoms with Crippen molar-refractivity contribution in [2.75, 3.05) is 13.7 Å². The number of rotatable bonds is 7. The maximum atomic E-state index is 12.6. The van der Waals surface area contributed by atoms with E-state index in [9.17, 15) is 9.59 Å². The number of ether oxygens (including phenoxy) is 4. The Hall–Kier alpha value is -4.10. The molecule has 1 aliphatic heterocycles. The van der Waals surface area contributed by atoms with Crippen LogP contribution in [-0.4, -0.2) is 31.6 Å². The summed E-state index contributed by atoms with van der Waals surface area (Å²) in [5, 5.41) is 0.570. The molecule has 0 spiro atoms. The van der Waals surface area contributed by atoms with Crippen molar-refractivity contribution >= 4 is 35.5 Å². The first kappa shape index (κ1) is 23.1. The van der Waals surface area contributed by atoms with Crippen LogP contribution in [0, 0.1) is 0 Å². The summed E-state index contributed by atoms with van der Waals surface area (Å²) in [6, 6.07) is 18.4. The van der Waals surface area contributed by atoms with E-state index in [2.05, 4.69) is 4.99 Å². The quantitative estimate of drug-likeness (QED) is 0.260. The number of aliphatic imine (C=N–C) groups is 1. The van der Waals surface area contributed by atoms with Crippen molar-refractivity contribution < 1.29 is 28.5 Å². The largest absolute Gasteiger partial charge is 0.497 e. The van der Waals surface area contributed by atoms with Gasteiger partial charge >= 0.3 is 11.9 Å². The fourth-order valence-corrected chi connectivity index (χ4v) is 3.28. The lowest BCUT2D eigenvalue weighted by molar-refractivity contribution is -0.129. The molecule has 0 aliphatic carbocycles. The maximum Gasteiger partial charge on any atom is 0.363 e. The number of hydrogen-bond acceptors (Lipinski definition) is 7. The number of hydrogen-bond donors (Lipinski definition) is 0. The predicted octanol–water partition coefficient (Wildman–Crippen LogP) is 5.31. The summed E-state index contributed by atoms with van der Waals surface area (Å²) in [6.07, 6.45) is 1.57. The molecule has 3 aromatic carbocycles. The minimum atomic E-state index is -0.573. The summed E-state index contributed by atoms with van der Waals surface area (Å²) in [4.78, 5) is 29.2. The Bertz CT molecular complexity index is 1300. The number of nitrogens with zero attached hydrogens (tertiary/aromatic N) is 1. The second-order valence-corrected chi connectivity index (χ2v) is 7.54. The first-order valence-electron chi connectivity index (χ1n) is 10.4. The van der Waals surface area contributed by atoms with Gasteiger partial charge in [0, 0.05) is 10.6 Å². The molecular formula is C26H20ClNO6. The highest BCUT2D eigenvalue weighted by molar-refractivity contribution is 6.30. The number of benzene rings is 3. The van der Waals surface area contributed by atoms with Gasteiger partial charge in [0.05, 0.1) is 19.3 Å². The molecular weight excluding hydrogens is 458 g/mol. The smallest absolute Gasteiger partial charge is 0.363 e. The van der Waals surface area contributed by atoms with Gasteiger partial charge in [-0.1, -0.05) is 23.7 Å². The molecule has 0 unspecified atom stereocenters. The number of methoxy groups -OCH3 is 1. The van der Waals surface area contributed by atoms with E-state index in [4.69, 9.17) is 30.5 Å². The van der Waals surface area contributed by atoms with Gasteiger partial charge in [0.25, 0.3) is 0 Å². The zero-order chi connectivity index (χ0) is 24.1. The predicted molar refractivity (Wildman–Crippen MR) is 128 cm³/mol. The molecule has 0 amide bonds. The minimum absolute atomic E-state index is 0.133. The van der Waals surface area contributed by atoms with Crippen molar-refractivity contribution in [2.24, 2.45) is 4.99 Å². The van der Waals surface area contributed by atoms with Gasteiger partial charge in [-0.3, -0.25) is 0 Å². The van der Waals surface area contributed by atoms with Crippen LogP contribution in [0.25, 0.3) is 6.08 Å². The van der Waals surface area contributed by atoms with Gasteiger partial charge in [0.2, 0.25) is 5.90 Å². The lowest BCUT2D eigenvalue weighted by Crippen LogP contribution is -2.10. The molecule has 0 atom stereocenters. The van der Waals surface area contributed by atoms with E-state index < -0.39 is 11.9 Å². The summed E-state index contributed by atoms with van der Waals surface area (Å²) in [5.41, 5.74) is 1.73. The molecule has 0 saturated heterocycles. The number of halogens is 1. The SMILES string of the molecule is CCOc1cc(C=C2N=C(c3ccc(Cl)cc3)OC2=O)ccc1OC(=O)c1cccc(OC)c1. The zero-order valence-corrected chi connectivity index (χ0v) is 19.2. The lowest BCUT2D eigenvalue weighted by atomic mass is 10.1. The Labute approximate surface area is 201 Å². The summed E-state index contributed by atoms with van der Waals surface area (Å²) < 4.78 is 21.6. The van der Waals surface area contributed by atoms with Crippen LogP contribution in [0.3, 0.4) is 0 Å². The highest BCUT2D eigenvalue weighted by atomic mass is 35.5. The Kier molecular flexibility index (Phi) is 6.94. The topological polar surface area (TPSA) is 83.4 Å². The van der Waals surface area contributed by atoms with E-state index >= 15 is 0 Å². The van der Waals surface area contributed by atoms with E-state index in [0.29, 0.717) is 39.8 Å². The third-order valence-corrected chi connectivity index (χ3v) is 5.04. The molecule has 7 nitrogen and oxygen atoms in total. The van der Waals surface area contributed by atoms with Crippen LogP contribution in [0.1, 0.15) is 28.4 Å². The summed E-state index contributed by atoms with van der Waals surface area (Å²) >= 11 is 5.91. The molecule has 0 fully saturated rings. The van der Waals surface area contributed by atoms with Crippen LogP contribution < -0.4 is 14.2 Å². The van der Waals surface area contributed by atoms with Crippen molar-refractivity contribution in [3.63, 3.8) is 0 Å². The molecule has 3 aromatic rings. The molecule has 172 valence electrons. The Morgan fingerprint density at radius 3 is 2.59 bits per heavy atom. The fraction of sp³-hybridized carbons (Fsp3) is 0.115. The average molecular weight is 478 g/mol. The van der Waals surface area contributed by atoms with Crippen LogP contribution in [0.5, 0.6) is 17.2 Å². The first-order chi connectivity index (χ1) is 16.5. The molecule has 0 bridgehead atoms. The number of carbonyl (C=O) groups is 2. The molecule has 0 radical (unpaired) electrons. The standard InChI is InChI=1S/C26H20ClNO6/c1-3-32-23-14-16(7-12-22(23)33-25(29)18-5-4-6-20(15-18)31-2)13-21-26(30)34-24(28-21)17-8-10-19(27)11-9-17/h4-15H,3H2,1-2H3. The molecule has 8 heteroatoms. The van der Waals surface area contributed by atoms with Crippen LogP contribution in [0.2, 0.25) is 5.02 Å². The van der Waals surface area contributed by atoms with Crippen molar-refractivity contribution in [3.05, 3.63) is 94.1 Å². The van der Waals surface area contributed by atoms with E-state index in [1.54, 1.807) is 72.8 Å². The molecule has 0 aromatic heterocycles. The summed E-state index contributed by atoms with van der Waals surface area (Å²) in [6.45, 7) is 2.17. The van der Waals surface area contributed by atoms with Gasteiger partial charge in [-0.25, -0.2) is 14.6 Å². The van der Waals surface area contributed by atoms with Crippen LogP contribution >= 0.6 is 11.6 Å². The number of carbonyl (C=O) groups excluding carboxylic acids is 2. The fourth-order valence-electron chi connectivity index (χ4n) is 3.16. The summed E-state index contributed by atoms with van der Waals surface area (Å²) in [5.74, 6) is 0.210. The lowest BCUT2D eigenvalue weighted by Gasteiger charge is -2.12. The average Bonchev–Trinajstić information content (AvgIpc) is 3.21. The van der Waals surface area contributed by atoms with Crippen LogP contribution in [-0.2, 0) is 9.53 Å². The highest BCUT2D eigenvalue weighted by Gasteiger charge is 2.24. The number of esters is 2. The zero-order valence-electron chi connectivity index (χ0n) is 18.4. The van der Waals surface area contributed by atoms with Crippen LogP contribution in [0.15, 0.2) is 77.4 Å². The van der Waals surface area contributed by atoms with Gasteiger partial charge in [0.1, 0.15) is 5.75 Å². The van der Waals surface area contributed by atoms with Crippen LogP contribution in [0.4, 0.5) is 0 Å². The Morgan fingerprint density at radius 1 is 1.06 bits per heavy atom. The highest BCUT2D eigenvalue weighted by Crippen LogP contribution is 2.31. The second kappa shape index (κ2) is 10.2. The van der Waals surface area contributed by atoms with E-state index in [1.807, 2.05) is 6.92 Å². The van der Waals surface area contributed by atoms with Gasteiger partial charge in [-0.15, -0.1) is 0 Å². The van der Waals surface area contributed by atoms with Gasteiger partial charge in [-0.05, 0) is 73.2 Å². The maximum absolute atomic E-state index is 12.6. The monoisotopic (exact) mass is 477 g/mol. The minimum Gasteiger partial charge on any atom is -0.497 e. The first-order valence-corrected chi connectivity index (χ1v) is 10.8. The van der Waals surface area contributed by atoms with Gasteiger partial charge in [0.15, 0.2) is 17.2 Å². The van der Waals surface area contributed by atoms with E-state index in [1.165, 1.54) is 7.11 Å². The van der Waals surface area contributed by atoms with Gasteiger partial charge in [-0.2, -0.15) is 0 Å². The van der Waals surface area contributed by atoms with E-state index in [-0.39, 0.29) is 17.3 Å². The molecule has 1 aliphatic rings. The molecule has 34 heavy (non-hydrogen) atoms. The molecule has 0 saturated carbocycles. The van der Waals surface area contributed by atoms with E-state index in [0.717, 1.165) is 0 Å². The Balaban J connectivity index is 1.58.